The Morgan fingerprint density at radius 3 is 2.71 bits per heavy atom. The van der Waals surface area contributed by atoms with Crippen molar-refractivity contribution in [3.63, 3.8) is 0 Å². The molecule has 3 N–H and O–H groups in total. The number of carbonyl (C=O) groups excluding carboxylic acids is 1. The molecule has 0 radical (unpaired) electrons. The number of nitrogens with two attached hydrogens (primary N) is 1. The number of benzene rings is 1. The third-order valence-corrected chi connectivity index (χ3v) is 3.00. The lowest BCUT2D eigenvalue weighted by molar-refractivity contribution is -0.117. The van der Waals surface area contributed by atoms with E-state index < -0.39 is 0 Å². The van der Waals surface area contributed by atoms with Gasteiger partial charge in [-0.3, -0.25) is 4.79 Å². The zero-order valence-electron chi connectivity index (χ0n) is 13.6. The number of hydrogen-bond donors (Lipinski definition) is 2. The smallest absolute Gasteiger partial charge is 0.224 e. The molecular weight excluding hydrogens is 264 g/mol. The molecule has 0 spiro atoms. The van der Waals surface area contributed by atoms with E-state index in [2.05, 4.69) is 33.0 Å². The van der Waals surface area contributed by atoms with Crippen LogP contribution in [0.4, 0.5) is 5.69 Å². The zero-order valence-corrected chi connectivity index (χ0v) is 13.6. The van der Waals surface area contributed by atoms with Gasteiger partial charge in [0.2, 0.25) is 5.91 Å². The van der Waals surface area contributed by atoms with Crippen molar-refractivity contribution < 1.29 is 9.53 Å². The molecule has 1 aromatic carbocycles. The lowest BCUT2D eigenvalue weighted by Gasteiger charge is -2.22. The number of rotatable bonds is 7. The first-order valence-corrected chi connectivity index (χ1v) is 7.53. The summed E-state index contributed by atoms with van der Waals surface area (Å²) in [7, 11) is 0. The molecule has 0 aliphatic carbocycles. The molecule has 0 heterocycles. The summed E-state index contributed by atoms with van der Waals surface area (Å²) in [6.07, 6.45) is 1.56. The predicted molar refractivity (Wildman–Crippen MR) is 87.5 cm³/mol. The molecular formula is C17H28N2O2. The minimum Gasteiger partial charge on any atom is -0.492 e. The summed E-state index contributed by atoms with van der Waals surface area (Å²) >= 11 is 0. The molecule has 1 amide bonds. The van der Waals surface area contributed by atoms with Crippen LogP contribution in [0.2, 0.25) is 0 Å². The van der Waals surface area contributed by atoms with Crippen LogP contribution in [0.15, 0.2) is 24.3 Å². The second-order valence-corrected chi connectivity index (χ2v) is 6.79. The predicted octanol–water partition coefficient (Wildman–Crippen LogP) is 3.43. The normalized spacial score (nSPS) is 12.8. The summed E-state index contributed by atoms with van der Waals surface area (Å²) in [4.78, 5) is 12.1. The van der Waals surface area contributed by atoms with E-state index in [1.165, 1.54) is 0 Å². The van der Waals surface area contributed by atoms with Gasteiger partial charge < -0.3 is 15.8 Å². The van der Waals surface area contributed by atoms with Gasteiger partial charge in [0.05, 0.1) is 0 Å². The van der Waals surface area contributed by atoms with Crippen LogP contribution in [-0.2, 0) is 4.79 Å². The van der Waals surface area contributed by atoms with E-state index in [0.29, 0.717) is 25.5 Å². The van der Waals surface area contributed by atoms with E-state index in [9.17, 15) is 4.79 Å². The molecule has 4 heteroatoms. The Morgan fingerprint density at radius 1 is 1.38 bits per heavy atom. The van der Waals surface area contributed by atoms with E-state index in [-0.39, 0.29) is 11.3 Å². The van der Waals surface area contributed by atoms with E-state index >= 15 is 0 Å². The lowest BCUT2D eigenvalue weighted by Crippen LogP contribution is -2.19. The molecule has 0 fully saturated rings. The highest BCUT2D eigenvalue weighted by Crippen LogP contribution is 2.26. The van der Waals surface area contributed by atoms with E-state index in [1.807, 2.05) is 24.3 Å². The molecule has 0 saturated carbocycles. The largest absolute Gasteiger partial charge is 0.492 e. The van der Waals surface area contributed by atoms with Crippen LogP contribution in [0, 0.1) is 11.3 Å². The molecule has 21 heavy (non-hydrogen) atoms. The van der Waals surface area contributed by atoms with Crippen molar-refractivity contribution in [2.24, 2.45) is 17.1 Å². The maximum atomic E-state index is 12.1. The Kier molecular flexibility index (Phi) is 6.69. The van der Waals surface area contributed by atoms with Crippen LogP contribution in [0.5, 0.6) is 5.75 Å². The molecule has 0 bridgehead atoms. The fraction of sp³-hybridized carbons (Fsp3) is 0.588. The molecule has 0 aliphatic rings. The minimum absolute atomic E-state index is 0.0442. The Bertz CT molecular complexity index is 452. The van der Waals surface area contributed by atoms with E-state index in [1.54, 1.807) is 0 Å². The molecule has 0 saturated heterocycles. The second kappa shape index (κ2) is 8.03. The van der Waals surface area contributed by atoms with Crippen LogP contribution >= 0.6 is 0 Å². The summed E-state index contributed by atoms with van der Waals surface area (Å²) in [5, 5.41) is 2.93. The molecule has 4 nitrogen and oxygen atoms in total. The highest BCUT2D eigenvalue weighted by Gasteiger charge is 2.17. The quantitative estimate of drug-likeness (QED) is 0.809. The third kappa shape index (κ3) is 7.71. The van der Waals surface area contributed by atoms with Crippen molar-refractivity contribution in [2.75, 3.05) is 18.5 Å². The SMILES string of the molecule is CC(CC(=O)Nc1cccc(OCCN)c1)CC(C)(C)C. The maximum Gasteiger partial charge on any atom is 0.224 e. The Labute approximate surface area is 128 Å². The van der Waals surface area contributed by atoms with Crippen LogP contribution in [0.1, 0.15) is 40.5 Å². The summed E-state index contributed by atoms with van der Waals surface area (Å²) < 4.78 is 5.45. The number of anilines is 1. The molecule has 0 aromatic heterocycles. The van der Waals surface area contributed by atoms with Crippen molar-refractivity contribution in [1.29, 1.82) is 0 Å². The average Bonchev–Trinajstić information content (AvgIpc) is 2.34. The van der Waals surface area contributed by atoms with Crippen molar-refractivity contribution in [2.45, 2.75) is 40.5 Å². The number of nitrogens with one attached hydrogen (secondary N) is 1. The van der Waals surface area contributed by atoms with Gasteiger partial charge >= 0.3 is 0 Å². The van der Waals surface area contributed by atoms with Gasteiger partial charge in [-0.05, 0) is 29.9 Å². The van der Waals surface area contributed by atoms with Gasteiger partial charge in [0.15, 0.2) is 0 Å². The molecule has 1 aromatic rings. The third-order valence-electron chi connectivity index (χ3n) is 3.00. The standard InChI is InChI=1S/C17H28N2O2/c1-13(12-17(2,3)4)10-16(20)19-14-6-5-7-15(11-14)21-9-8-18/h5-7,11,13H,8-10,12,18H2,1-4H3,(H,19,20). The topological polar surface area (TPSA) is 64.3 Å². The molecule has 1 atom stereocenters. The van der Waals surface area contributed by atoms with Gasteiger partial charge in [0.25, 0.3) is 0 Å². The van der Waals surface area contributed by atoms with E-state index in [0.717, 1.165) is 17.9 Å². The number of ether oxygens (including phenoxy) is 1. The summed E-state index contributed by atoms with van der Waals surface area (Å²) in [5.41, 5.74) is 6.41. The minimum atomic E-state index is 0.0442. The average molecular weight is 292 g/mol. The molecule has 118 valence electrons. The van der Waals surface area contributed by atoms with Crippen LogP contribution < -0.4 is 15.8 Å². The number of hydrogen-bond acceptors (Lipinski definition) is 3. The van der Waals surface area contributed by atoms with E-state index in [4.69, 9.17) is 10.5 Å². The van der Waals surface area contributed by atoms with Gasteiger partial charge in [-0.15, -0.1) is 0 Å². The van der Waals surface area contributed by atoms with Crippen molar-refractivity contribution in [1.82, 2.24) is 0 Å². The van der Waals surface area contributed by atoms with Crippen LogP contribution in [0.25, 0.3) is 0 Å². The highest BCUT2D eigenvalue weighted by atomic mass is 16.5. The first kappa shape index (κ1) is 17.5. The van der Waals surface area contributed by atoms with Crippen molar-refractivity contribution in [3.05, 3.63) is 24.3 Å². The molecule has 1 rings (SSSR count). The first-order valence-electron chi connectivity index (χ1n) is 7.53. The summed E-state index contributed by atoms with van der Waals surface area (Å²) in [6, 6.07) is 7.40. The van der Waals surface area contributed by atoms with Crippen molar-refractivity contribution >= 4 is 11.6 Å². The number of carbonyl (C=O) groups is 1. The van der Waals surface area contributed by atoms with Crippen LogP contribution in [0.3, 0.4) is 0 Å². The lowest BCUT2D eigenvalue weighted by atomic mass is 9.84. The summed E-state index contributed by atoms with van der Waals surface area (Å²) in [5.74, 6) is 1.13. The molecule has 0 aliphatic heterocycles. The van der Waals surface area contributed by atoms with Crippen molar-refractivity contribution in [3.8, 4) is 5.75 Å². The zero-order chi connectivity index (χ0) is 15.9. The molecule has 1 unspecified atom stereocenters. The first-order chi connectivity index (χ1) is 9.80. The van der Waals surface area contributed by atoms with Gasteiger partial charge in [-0.25, -0.2) is 0 Å². The fourth-order valence-electron chi connectivity index (χ4n) is 2.49. The monoisotopic (exact) mass is 292 g/mol. The maximum absolute atomic E-state index is 12.1. The van der Waals surface area contributed by atoms with Gasteiger partial charge in [0.1, 0.15) is 12.4 Å². The second-order valence-electron chi connectivity index (χ2n) is 6.79. The highest BCUT2D eigenvalue weighted by molar-refractivity contribution is 5.91. The Morgan fingerprint density at radius 2 is 2.10 bits per heavy atom. The summed E-state index contributed by atoms with van der Waals surface area (Å²) in [6.45, 7) is 9.64. The Balaban J connectivity index is 2.50. The number of amides is 1. The fourth-order valence-corrected chi connectivity index (χ4v) is 2.49. The Hall–Kier alpha value is -1.55. The van der Waals surface area contributed by atoms with Gasteiger partial charge in [0, 0.05) is 24.7 Å². The van der Waals surface area contributed by atoms with Gasteiger partial charge in [-0.2, -0.15) is 0 Å². The van der Waals surface area contributed by atoms with Crippen LogP contribution in [-0.4, -0.2) is 19.1 Å². The van der Waals surface area contributed by atoms with Gasteiger partial charge in [-0.1, -0.05) is 33.8 Å².